The molecule has 0 atom stereocenters. The lowest BCUT2D eigenvalue weighted by atomic mass is 10.4. The zero-order valence-corrected chi connectivity index (χ0v) is 13.1. The molecule has 0 radical (unpaired) electrons. The Hall–Kier alpha value is -1.47. The molecule has 0 heterocycles. The molecule has 0 aromatic carbocycles. The van der Waals surface area contributed by atoms with Crippen LogP contribution in [0.1, 0.15) is 20.8 Å². The normalized spacial score (nSPS) is 10.8. The van der Waals surface area contributed by atoms with Gasteiger partial charge < -0.3 is 9.47 Å². The monoisotopic (exact) mass is 322 g/mol. The Kier molecular flexibility index (Phi) is 8.80. The Morgan fingerprint density at radius 2 is 1.29 bits per heavy atom. The number of carbonyl (C=O) groups is 2. The molecule has 21 heavy (non-hydrogen) atoms. The van der Waals surface area contributed by atoms with E-state index >= 15 is 0 Å². The lowest BCUT2D eigenvalue weighted by molar-refractivity contribution is -0.148. The number of rotatable bonds is 10. The van der Waals surface area contributed by atoms with E-state index in [2.05, 4.69) is 22.6 Å². The molecule has 8 nitrogen and oxygen atoms in total. The van der Waals surface area contributed by atoms with E-state index in [-0.39, 0.29) is 17.8 Å². The zero-order valence-electron chi connectivity index (χ0n) is 12.2. The minimum absolute atomic E-state index is 0.0140. The highest BCUT2D eigenvalue weighted by Gasteiger charge is 2.27. The number of carbonyl (C=O) groups excluding carboxylic acids is 2. The summed E-state index contributed by atoms with van der Waals surface area (Å²) in [5.41, 5.74) is 0.308. The quantitative estimate of drug-likeness (QED) is 0.261. The first-order chi connectivity index (χ1) is 9.72. The van der Waals surface area contributed by atoms with Crippen molar-refractivity contribution >= 4 is 19.8 Å². The minimum atomic E-state index is -4.01. The first-order valence-electron chi connectivity index (χ1n) is 5.90. The molecule has 0 rings (SSSR count). The molecule has 120 valence electrons. The molecular weight excluding hydrogens is 303 g/mol. The summed E-state index contributed by atoms with van der Waals surface area (Å²) in [4.78, 5) is 22.2. The Bertz CT molecular complexity index is 420. The van der Waals surface area contributed by atoms with Gasteiger partial charge in [0.15, 0.2) is 0 Å². The van der Waals surface area contributed by atoms with Gasteiger partial charge in [-0.15, -0.1) is 0 Å². The summed E-state index contributed by atoms with van der Waals surface area (Å²) in [6, 6.07) is 0. The maximum absolute atomic E-state index is 12.0. The van der Waals surface area contributed by atoms with Crippen LogP contribution in [0.3, 0.4) is 0 Å². The van der Waals surface area contributed by atoms with Gasteiger partial charge in [-0.25, -0.2) is 23.2 Å². The third-order valence-electron chi connectivity index (χ3n) is 1.79. The molecule has 0 bridgehead atoms. The number of hydrogen-bond acceptors (Lipinski definition) is 8. The van der Waals surface area contributed by atoms with Crippen LogP contribution < -0.4 is 0 Å². The van der Waals surface area contributed by atoms with Gasteiger partial charge in [0, 0.05) is 11.1 Å². The first kappa shape index (κ1) is 19.5. The fourth-order valence-electron chi connectivity index (χ4n) is 0.805. The summed E-state index contributed by atoms with van der Waals surface area (Å²) in [6.07, 6.45) is 0. The van der Waals surface area contributed by atoms with Crippen molar-refractivity contribution in [1.82, 2.24) is 0 Å². The molecule has 0 aromatic rings. The van der Waals surface area contributed by atoms with Crippen LogP contribution in [0.2, 0.25) is 0 Å². The Morgan fingerprint density at radius 1 is 0.905 bits per heavy atom. The highest BCUT2D eigenvalue weighted by Crippen LogP contribution is 2.49. The fraction of sp³-hybridized carbons (Fsp3) is 0.500. The average Bonchev–Trinajstić information content (AvgIpc) is 2.38. The van der Waals surface area contributed by atoms with Crippen molar-refractivity contribution in [3.63, 3.8) is 0 Å². The van der Waals surface area contributed by atoms with E-state index in [4.69, 9.17) is 13.6 Å². The highest BCUT2D eigenvalue weighted by molar-refractivity contribution is 7.48. The molecule has 0 unspecified atom stereocenters. The molecule has 0 aliphatic heterocycles. The third-order valence-corrected chi connectivity index (χ3v) is 3.20. The maximum atomic E-state index is 12.0. The number of hydrogen-bond donors (Lipinski definition) is 0. The number of phosphoric acid groups is 1. The van der Waals surface area contributed by atoms with E-state index in [1.807, 2.05) is 0 Å². The lowest BCUT2D eigenvalue weighted by Crippen LogP contribution is -2.12. The number of phosphoric ester groups is 1. The van der Waals surface area contributed by atoms with Crippen molar-refractivity contribution in [2.24, 2.45) is 0 Å². The van der Waals surface area contributed by atoms with Crippen LogP contribution in [0.15, 0.2) is 24.3 Å². The van der Waals surface area contributed by atoms with Crippen molar-refractivity contribution in [3.8, 4) is 0 Å². The second kappa shape index (κ2) is 9.46. The molecule has 0 saturated heterocycles. The van der Waals surface area contributed by atoms with Crippen LogP contribution in [0.5, 0.6) is 0 Å². The predicted octanol–water partition coefficient (Wildman–Crippen LogP) is 2.32. The fourth-order valence-corrected chi connectivity index (χ4v) is 1.71. The summed E-state index contributed by atoms with van der Waals surface area (Å²) in [5, 5.41) is 0. The summed E-state index contributed by atoms with van der Waals surface area (Å²) in [7, 11) is -4.01. The molecule has 0 amide bonds. The summed E-state index contributed by atoms with van der Waals surface area (Å²) >= 11 is 0. The first-order valence-corrected chi connectivity index (χ1v) is 7.36. The molecule has 0 aliphatic carbocycles. The topological polar surface area (TPSA) is 97.4 Å². The van der Waals surface area contributed by atoms with Gasteiger partial charge in [-0.3, -0.25) is 4.52 Å². The SMILES string of the molecule is C=C(C)C(=O)OCOP(=O)(OCC)OCOC(=O)C(=C)C. The Morgan fingerprint density at radius 3 is 1.57 bits per heavy atom. The van der Waals surface area contributed by atoms with E-state index in [0.717, 1.165) is 0 Å². The van der Waals surface area contributed by atoms with Crippen molar-refractivity contribution in [1.29, 1.82) is 0 Å². The largest absolute Gasteiger partial charge is 0.480 e. The summed E-state index contributed by atoms with van der Waals surface area (Å²) in [5.74, 6) is -1.43. The maximum Gasteiger partial charge on any atom is 0.480 e. The smallest absolute Gasteiger partial charge is 0.435 e. The van der Waals surface area contributed by atoms with Crippen LogP contribution in [0.25, 0.3) is 0 Å². The van der Waals surface area contributed by atoms with Gasteiger partial charge in [0.25, 0.3) is 0 Å². The average molecular weight is 322 g/mol. The van der Waals surface area contributed by atoms with Gasteiger partial charge >= 0.3 is 19.8 Å². The second-order valence-electron chi connectivity index (χ2n) is 3.78. The van der Waals surface area contributed by atoms with Gasteiger partial charge in [0.2, 0.25) is 13.6 Å². The van der Waals surface area contributed by atoms with Crippen molar-refractivity contribution in [3.05, 3.63) is 24.3 Å². The third kappa shape index (κ3) is 8.41. The van der Waals surface area contributed by atoms with Crippen LogP contribution in [0.4, 0.5) is 0 Å². The zero-order chi connectivity index (χ0) is 16.5. The van der Waals surface area contributed by atoms with E-state index < -0.39 is 33.3 Å². The Labute approximate surface area is 123 Å². The predicted molar refractivity (Wildman–Crippen MR) is 72.9 cm³/mol. The summed E-state index contributed by atoms with van der Waals surface area (Å²) < 4.78 is 35.5. The van der Waals surface area contributed by atoms with E-state index in [1.54, 1.807) is 6.92 Å². The van der Waals surface area contributed by atoms with Gasteiger partial charge in [-0.2, -0.15) is 0 Å². The van der Waals surface area contributed by atoms with Crippen LogP contribution in [-0.4, -0.2) is 32.1 Å². The molecule has 9 heteroatoms. The van der Waals surface area contributed by atoms with E-state index in [1.165, 1.54) is 13.8 Å². The van der Waals surface area contributed by atoms with E-state index in [9.17, 15) is 14.2 Å². The molecule has 0 aliphatic rings. The van der Waals surface area contributed by atoms with E-state index in [0.29, 0.717) is 0 Å². The van der Waals surface area contributed by atoms with Gasteiger partial charge in [0.1, 0.15) is 0 Å². The molecule has 0 fully saturated rings. The highest BCUT2D eigenvalue weighted by atomic mass is 31.2. The summed E-state index contributed by atoms with van der Waals surface area (Å²) in [6.45, 7) is 9.87. The van der Waals surface area contributed by atoms with Crippen molar-refractivity contribution < 1.29 is 37.2 Å². The van der Waals surface area contributed by atoms with Crippen LogP contribution >= 0.6 is 7.82 Å². The molecule has 0 aromatic heterocycles. The molecule has 0 N–H and O–H groups in total. The van der Waals surface area contributed by atoms with Gasteiger partial charge in [-0.05, 0) is 20.8 Å². The number of ether oxygens (including phenoxy) is 2. The standard InChI is InChI=1S/C12H19O8P/c1-6-18-21(15,19-7-16-11(13)9(2)3)20-8-17-12(14)10(4)5/h2,4,6-8H2,1,3,5H3. The van der Waals surface area contributed by atoms with Gasteiger partial charge in [0.05, 0.1) is 6.61 Å². The molecular formula is C12H19O8P. The lowest BCUT2D eigenvalue weighted by Gasteiger charge is -2.17. The minimum Gasteiger partial charge on any atom is -0.435 e. The Balaban J connectivity index is 4.32. The van der Waals surface area contributed by atoms with Crippen LogP contribution in [0, 0.1) is 0 Å². The second-order valence-corrected chi connectivity index (χ2v) is 5.45. The van der Waals surface area contributed by atoms with Crippen LogP contribution in [-0.2, 0) is 37.2 Å². The van der Waals surface area contributed by atoms with Gasteiger partial charge in [-0.1, -0.05) is 13.2 Å². The number of esters is 2. The van der Waals surface area contributed by atoms with Crippen molar-refractivity contribution in [2.75, 3.05) is 20.2 Å². The molecule has 0 saturated carbocycles. The molecule has 0 spiro atoms. The van der Waals surface area contributed by atoms with Crippen molar-refractivity contribution in [2.45, 2.75) is 20.8 Å².